The van der Waals surface area contributed by atoms with E-state index in [0.29, 0.717) is 12.1 Å². The fourth-order valence-corrected chi connectivity index (χ4v) is 2.40. The third-order valence-electron chi connectivity index (χ3n) is 3.83. The minimum Gasteiger partial charge on any atom is -0.484 e. The van der Waals surface area contributed by atoms with Crippen LogP contribution in [0.2, 0.25) is 0 Å². The predicted molar refractivity (Wildman–Crippen MR) is 92.7 cm³/mol. The van der Waals surface area contributed by atoms with Gasteiger partial charge in [-0.25, -0.2) is 0 Å². The Bertz CT molecular complexity index is 813. The number of carbonyl (C=O) groups excluding carboxylic acids is 2. The van der Waals surface area contributed by atoms with Gasteiger partial charge in [-0.05, 0) is 31.5 Å². The van der Waals surface area contributed by atoms with Crippen LogP contribution in [0.15, 0.2) is 30.3 Å². The highest BCUT2D eigenvalue weighted by Gasteiger charge is 2.30. The number of nitrogens with one attached hydrogen (secondary N) is 3. The molecule has 27 heavy (non-hydrogen) atoms. The Kier molecular flexibility index (Phi) is 6.14. The van der Waals surface area contributed by atoms with Gasteiger partial charge in [-0.2, -0.15) is 13.2 Å². The van der Waals surface area contributed by atoms with Crippen LogP contribution in [0.1, 0.15) is 52.1 Å². The number of alkyl halides is 3. The van der Waals surface area contributed by atoms with Crippen LogP contribution >= 0.6 is 0 Å². The smallest absolute Gasteiger partial charge is 0.416 e. The van der Waals surface area contributed by atoms with Crippen molar-refractivity contribution in [1.29, 1.82) is 0 Å². The average Bonchev–Trinajstić information content (AvgIpc) is 3.04. The van der Waals surface area contributed by atoms with Gasteiger partial charge in [0.05, 0.1) is 5.56 Å². The van der Waals surface area contributed by atoms with Gasteiger partial charge in [-0.3, -0.25) is 9.59 Å². The summed E-state index contributed by atoms with van der Waals surface area (Å²) in [5, 5.41) is 5.04. The molecule has 0 aliphatic rings. The normalized spacial score (nSPS) is 12.4. The number of halogens is 3. The van der Waals surface area contributed by atoms with Gasteiger partial charge in [0, 0.05) is 19.7 Å². The standard InChI is InChI=1S/C18H20F3N3O3/c1-4-23-16(25)13-9-14(15(24-13)17(26)22-3)27-10(2)11-5-7-12(8-6-11)18(19,20)21/h5-10,24H,4H2,1-3H3,(H,22,26)(H,23,25)/t10-/m0/s1. The van der Waals surface area contributed by atoms with E-state index in [2.05, 4.69) is 15.6 Å². The van der Waals surface area contributed by atoms with E-state index in [0.717, 1.165) is 12.1 Å². The van der Waals surface area contributed by atoms with Gasteiger partial charge in [-0.15, -0.1) is 0 Å². The molecule has 146 valence electrons. The van der Waals surface area contributed by atoms with Gasteiger partial charge in [0.1, 0.15) is 17.5 Å². The molecule has 0 spiro atoms. The summed E-state index contributed by atoms with van der Waals surface area (Å²) in [6.07, 6.45) is -5.06. The lowest BCUT2D eigenvalue weighted by Gasteiger charge is -2.16. The molecule has 0 saturated carbocycles. The molecule has 1 aromatic heterocycles. The number of aromatic nitrogens is 1. The van der Waals surface area contributed by atoms with Crippen LogP contribution in [0.3, 0.4) is 0 Å². The molecule has 1 aromatic carbocycles. The average molecular weight is 383 g/mol. The second kappa shape index (κ2) is 8.15. The molecule has 0 aliphatic carbocycles. The summed E-state index contributed by atoms with van der Waals surface area (Å²) in [6, 6.07) is 5.93. The Labute approximate surface area is 154 Å². The number of carbonyl (C=O) groups is 2. The van der Waals surface area contributed by atoms with Gasteiger partial charge in [0.15, 0.2) is 5.75 Å². The predicted octanol–water partition coefficient (Wildman–Crippen LogP) is 3.28. The van der Waals surface area contributed by atoms with E-state index in [1.54, 1.807) is 13.8 Å². The molecular formula is C18H20F3N3O3. The molecule has 2 aromatic rings. The van der Waals surface area contributed by atoms with Crippen molar-refractivity contribution in [1.82, 2.24) is 15.6 Å². The lowest BCUT2D eigenvalue weighted by atomic mass is 10.1. The van der Waals surface area contributed by atoms with Gasteiger partial charge in [0.25, 0.3) is 11.8 Å². The van der Waals surface area contributed by atoms with Crippen molar-refractivity contribution in [3.8, 4) is 5.75 Å². The van der Waals surface area contributed by atoms with Crippen molar-refractivity contribution < 1.29 is 27.5 Å². The van der Waals surface area contributed by atoms with Gasteiger partial charge >= 0.3 is 6.18 Å². The molecule has 6 nitrogen and oxygen atoms in total. The summed E-state index contributed by atoms with van der Waals surface area (Å²) in [5.74, 6) is -0.761. The highest BCUT2D eigenvalue weighted by molar-refractivity contribution is 5.99. The van der Waals surface area contributed by atoms with Crippen LogP contribution in [0, 0.1) is 0 Å². The summed E-state index contributed by atoms with van der Waals surface area (Å²) in [6.45, 7) is 3.80. The number of benzene rings is 1. The minimum absolute atomic E-state index is 0.0533. The van der Waals surface area contributed by atoms with Crippen molar-refractivity contribution in [2.75, 3.05) is 13.6 Å². The van der Waals surface area contributed by atoms with Crippen molar-refractivity contribution in [3.05, 3.63) is 52.8 Å². The van der Waals surface area contributed by atoms with Crippen molar-refractivity contribution >= 4 is 11.8 Å². The van der Waals surface area contributed by atoms with Crippen molar-refractivity contribution in [3.63, 3.8) is 0 Å². The summed E-state index contributed by atoms with van der Waals surface area (Å²) in [7, 11) is 1.43. The minimum atomic E-state index is -4.42. The Morgan fingerprint density at radius 3 is 2.33 bits per heavy atom. The largest absolute Gasteiger partial charge is 0.484 e. The van der Waals surface area contributed by atoms with Crippen LogP contribution in [0.4, 0.5) is 13.2 Å². The SMILES string of the molecule is CCNC(=O)c1cc(O[C@@H](C)c2ccc(C(F)(F)F)cc2)c(C(=O)NC)[nH]1. The van der Waals surface area contributed by atoms with Crippen LogP contribution in [0.25, 0.3) is 0 Å². The van der Waals surface area contributed by atoms with Crippen molar-refractivity contribution in [2.45, 2.75) is 26.1 Å². The molecule has 9 heteroatoms. The van der Waals surface area contributed by atoms with Crippen LogP contribution in [-0.2, 0) is 6.18 Å². The molecule has 3 N–H and O–H groups in total. The number of hydrogen-bond donors (Lipinski definition) is 3. The Balaban J connectivity index is 2.26. The third kappa shape index (κ3) is 4.81. The molecule has 0 radical (unpaired) electrons. The fraction of sp³-hybridized carbons (Fsp3) is 0.333. The molecule has 0 aliphatic heterocycles. The van der Waals surface area contributed by atoms with E-state index in [4.69, 9.17) is 4.74 Å². The van der Waals surface area contributed by atoms with Gasteiger partial charge in [0.2, 0.25) is 0 Å². The van der Waals surface area contributed by atoms with Crippen LogP contribution < -0.4 is 15.4 Å². The highest BCUT2D eigenvalue weighted by atomic mass is 19.4. The van der Waals surface area contributed by atoms with E-state index in [1.165, 1.54) is 25.2 Å². The number of H-pyrrole nitrogens is 1. The quantitative estimate of drug-likeness (QED) is 0.716. The second-order valence-electron chi connectivity index (χ2n) is 5.74. The summed E-state index contributed by atoms with van der Waals surface area (Å²) in [4.78, 5) is 26.7. The Morgan fingerprint density at radius 1 is 1.19 bits per heavy atom. The Hall–Kier alpha value is -2.97. The maximum absolute atomic E-state index is 12.7. The zero-order valence-corrected chi connectivity index (χ0v) is 15.0. The van der Waals surface area contributed by atoms with E-state index < -0.39 is 29.7 Å². The summed E-state index contributed by atoms with van der Waals surface area (Å²) < 4.78 is 43.8. The van der Waals surface area contributed by atoms with E-state index >= 15 is 0 Å². The lowest BCUT2D eigenvalue weighted by molar-refractivity contribution is -0.137. The molecule has 0 unspecified atom stereocenters. The molecule has 0 saturated heterocycles. The summed E-state index contributed by atoms with van der Waals surface area (Å²) in [5.41, 5.74) is -0.0705. The summed E-state index contributed by atoms with van der Waals surface area (Å²) >= 11 is 0. The van der Waals surface area contributed by atoms with E-state index in [-0.39, 0.29) is 17.1 Å². The maximum atomic E-state index is 12.7. The number of amides is 2. The highest BCUT2D eigenvalue weighted by Crippen LogP contribution is 2.31. The van der Waals surface area contributed by atoms with Crippen molar-refractivity contribution in [2.24, 2.45) is 0 Å². The van der Waals surface area contributed by atoms with Crippen LogP contribution in [0.5, 0.6) is 5.75 Å². The fourth-order valence-electron chi connectivity index (χ4n) is 2.40. The molecule has 1 heterocycles. The molecule has 2 amide bonds. The molecule has 0 fully saturated rings. The monoisotopic (exact) mass is 383 g/mol. The first-order valence-corrected chi connectivity index (χ1v) is 8.24. The zero-order valence-electron chi connectivity index (χ0n) is 15.0. The molecular weight excluding hydrogens is 363 g/mol. The number of hydrogen-bond acceptors (Lipinski definition) is 3. The van der Waals surface area contributed by atoms with Gasteiger partial charge < -0.3 is 20.4 Å². The first kappa shape index (κ1) is 20.3. The third-order valence-corrected chi connectivity index (χ3v) is 3.83. The van der Waals surface area contributed by atoms with E-state index in [1.807, 2.05) is 0 Å². The van der Waals surface area contributed by atoms with E-state index in [9.17, 15) is 22.8 Å². The molecule has 0 bridgehead atoms. The topological polar surface area (TPSA) is 83.2 Å². The number of rotatable bonds is 6. The number of aromatic amines is 1. The maximum Gasteiger partial charge on any atom is 0.416 e. The molecule has 1 atom stereocenters. The lowest BCUT2D eigenvalue weighted by Crippen LogP contribution is -2.23. The number of ether oxygens (including phenoxy) is 1. The Morgan fingerprint density at radius 2 is 1.81 bits per heavy atom. The second-order valence-corrected chi connectivity index (χ2v) is 5.74. The molecule has 2 rings (SSSR count). The first-order valence-electron chi connectivity index (χ1n) is 8.24. The van der Waals surface area contributed by atoms with Crippen LogP contribution in [-0.4, -0.2) is 30.4 Å². The first-order chi connectivity index (χ1) is 12.7. The van der Waals surface area contributed by atoms with Gasteiger partial charge in [-0.1, -0.05) is 12.1 Å². The zero-order chi connectivity index (χ0) is 20.2.